The summed E-state index contributed by atoms with van der Waals surface area (Å²) in [4.78, 5) is 15.4. The lowest BCUT2D eigenvalue weighted by atomic mass is 10.1. The third-order valence-electron chi connectivity index (χ3n) is 2.89. The Kier molecular flexibility index (Phi) is 5.18. The van der Waals surface area contributed by atoms with Crippen LogP contribution in [0.2, 0.25) is 0 Å². The monoisotopic (exact) mass is 228 g/mol. The fourth-order valence-corrected chi connectivity index (χ4v) is 1.92. The van der Waals surface area contributed by atoms with E-state index in [2.05, 4.69) is 10.3 Å². The standard InChI is InChI=1S/C11H24N4O/c1-13(2)11(16)9-15-7-5-10(6-8-15)12-14(3)4/h10,12H,5-9H2,1-4H3. The number of likely N-dealkylation sites (tertiary alicyclic amines) is 1. The zero-order chi connectivity index (χ0) is 12.1. The van der Waals surface area contributed by atoms with E-state index < -0.39 is 0 Å². The minimum atomic E-state index is 0.194. The van der Waals surface area contributed by atoms with Gasteiger partial charge in [0, 0.05) is 47.3 Å². The Morgan fingerprint density at radius 2 is 1.81 bits per heavy atom. The molecule has 1 heterocycles. The molecule has 94 valence electrons. The maximum Gasteiger partial charge on any atom is 0.236 e. The summed E-state index contributed by atoms with van der Waals surface area (Å²) in [6.45, 7) is 2.57. The Hall–Kier alpha value is -0.650. The fourth-order valence-electron chi connectivity index (χ4n) is 1.92. The highest BCUT2D eigenvalue weighted by Crippen LogP contribution is 2.10. The van der Waals surface area contributed by atoms with Gasteiger partial charge in [-0.3, -0.25) is 20.1 Å². The van der Waals surface area contributed by atoms with E-state index >= 15 is 0 Å². The maximum atomic E-state index is 11.5. The summed E-state index contributed by atoms with van der Waals surface area (Å²) < 4.78 is 0. The second-order valence-electron chi connectivity index (χ2n) is 4.86. The second kappa shape index (κ2) is 6.18. The van der Waals surface area contributed by atoms with Crippen LogP contribution in [0.25, 0.3) is 0 Å². The molecule has 1 saturated heterocycles. The van der Waals surface area contributed by atoms with Crippen molar-refractivity contribution in [1.29, 1.82) is 0 Å². The zero-order valence-electron chi connectivity index (χ0n) is 10.9. The summed E-state index contributed by atoms with van der Waals surface area (Å²) in [5.41, 5.74) is 3.39. The van der Waals surface area contributed by atoms with Gasteiger partial charge >= 0.3 is 0 Å². The molecule has 16 heavy (non-hydrogen) atoms. The van der Waals surface area contributed by atoms with Gasteiger partial charge in [0.1, 0.15) is 0 Å². The van der Waals surface area contributed by atoms with Crippen LogP contribution in [-0.2, 0) is 4.79 Å². The Bertz CT molecular complexity index is 222. The first-order valence-electron chi connectivity index (χ1n) is 5.85. The highest BCUT2D eigenvalue weighted by Gasteiger charge is 2.21. The van der Waals surface area contributed by atoms with Crippen LogP contribution in [-0.4, -0.2) is 74.6 Å². The van der Waals surface area contributed by atoms with Crippen LogP contribution in [0.3, 0.4) is 0 Å². The number of piperidine rings is 1. The molecule has 0 radical (unpaired) electrons. The molecule has 0 unspecified atom stereocenters. The quantitative estimate of drug-likeness (QED) is 0.665. The number of rotatable bonds is 4. The van der Waals surface area contributed by atoms with Crippen molar-refractivity contribution in [2.24, 2.45) is 0 Å². The van der Waals surface area contributed by atoms with Crippen LogP contribution in [0.4, 0.5) is 0 Å². The van der Waals surface area contributed by atoms with Gasteiger partial charge in [0.15, 0.2) is 0 Å². The van der Waals surface area contributed by atoms with Crippen molar-refractivity contribution in [3.8, 4) is 0 Å². The van der Waals surface area contributed by atoms with Crippen LogP contribution < -0.4 is 5.43 Å². The van der Waals surface area contributed by atoms with Crippen LogP contribution in [0.1, 0.15) is 12.8 Å². The summed E-state index contributed by atoms with van der Waals surface area (Å²) >= 11 is 0. The maximum absolute atomic E-state index is 11.5. The van der Waals surface area contributed by atoms with Gasteiger partial charge in [-0.1, -0.05) is 0 Å². The van der Waals surface area contributed by atoms with Gasteiger partial charge in [-0.25, -0.2) is 0 Å². The minimum Gasteiger partial charge on any atom is -0.348 e. The van der Waals surface area contributed by atoms with E-state index in [0.717, 1.165) is 25.9 Å². The fraction of sp³-hybridized carbons (Fsp3) is 0.909. The third kappa shape index (κ3) is 4.47. The van der Waals surface area contributed by atoms with Gasteiger partial charge in [0.2, 0.25) is 5.91 Å². The van der Waals surface area contributed by atoms with Gasteiger partial charge in [0.05, 0.1) is 6.54 Å². The average Bonchev–Trinajstić information content (AvgIpc) is 2.20. The first kappa shape index (κ1) is 13.4. The Balaban J connectivity index is 2.24. The van der Waals surface area contributed by atoms with Gasteiger partial charge < -0.3 is 4.90 Å². The SMILES string of the molecule is CN(C)NC1CCN(CC(=O)N(C)C)CC1. The number of carbonyl (C=O) groups excluding carboxylic acids is 1. The van der Waals surface area contributed by atoms with E-state index in [1.165, 1.54) is 0 Å². The number of hydrogen-bond acceptors (Lipinski definition) is 4. The molecule has 1 rings (SSSR count). The smallest absolute Gasteiger partial charge is 0.236 e. The summed E-state index contributed by atoms with van der Waals surface area (Å²) in [6, 6.07) is 0.556. The van der Waals surface area contributed by atoms with E-state index in [9.17, 15) is 4.79 Å². The lowest BCUT2D eigenvalue weighted by Gasteiger charge is -2.33. The second-order valence-corrected chi connectivity index (χ2v) is 4.86. The van der Waals surface area contributed by atoms with Gasteiger partial charge in [-0.05, 0) is 12.8 Å². The Morgan fingerprint density at radius 1 is 1.25 bits per heavy atom. The number of likely N-dealkylation sites (N-methyl/N-ethyl adjacent to an activating group) is 1. The molecule has 1 fully saturated rings. The molecule has 0 aliphatic carbocycles. The lowest BCUT2D eigenvalue weighted by molar-refractivity contribution is -0.130. The van der Waals surface area contributed by atoms with Crippen molar-refractivity contribution in [2.45, 2.75) is 18.9 Å². The highest BCUT2D eigenvalue weighted by atomic mass is 16.2. The normalized spacial score (nSPS) is 19.1. The van der Waals surface area contributed by atoms with E-state index in [0.29, 0.717) is 12.6 Å². The molecule has 1 aliphatic rings. The number of carbonyl (C=O) groups is 1. The molecule has 0 aromatic rings. The van der Waals surface area contributed by atoms with Crippen molar-refractivity contribution < 1.29 is 4.79 Å². The number of amides is 1. The largest absolute Gasteiger partial charge is 0.348 e. The molecule has 0 aromatic heterocycles. The third-order valence-corrected chi connectivity index (χ3v) is 2.89. The molecule has 0 aromatic carbocycles. The molecule has 0 bridgehead atoms. The number of hydrazine groups is 1. The molecule has 0 atom stereocenters. The zero-order valence-corrected chi connectivity index (χ0v) is 10.9. The first-order valence-corrected chi connectivity index (χ1v) is 5.85. The van der Waals surface area contributed by atoms with Crippen LogP contribution in [0, 0.1) is 0 Å². The van der Waals surface area contributed by atoms with Crippen LogP contribution >= 0.6 is 0 Å². The minimum absolute atomic E-state index is 0.194. The van der Waals surface area contributed by atoms with E-state index in [1.807, 2.05) is 33.2 Å². The molecule has 1 aliphatic heterocycles. The van der Waals surface area contributed by atoms with Gasteiger partial charge in [-0.2, -0.15) is 0 Å². The first-order chi connectivity index (χ1) is 7.49. The summed E-state index contributed by atoms with van der Waals surface area (Å²) in [5.74, 6) is 0.194. The van der Waals surface area contributed by atoms with E-state index in [1.54, 1.807) is 4.90 Å². The molecular weight excluding hydrogens is 204 g/mol. The topological polar surface area (TPSA) is 38.8 Å². The lowest BCUT2D eigenvalue weighted by Crippen LogP contribution is -2.48. The molecular formula is C11H24N4O. The Labute approximate surface area is 98.3 Å². The number of hydrogen-bond donors (Lipinski definition) is 1. The van der Waals surface area contributed by atoms with Crippen molar-refractivity contribution in [3.05, 3.63) is 0 Å². The predicted molar refractivity (Wildman–Crippen MR) is 65.0 cm³/mol. The molecule has 0 saturated carbocycles. The van der Waals surface area contributed by atoms with E-state index in [-0.39, 0.29) is 5.91 Å². The summed E-state index contributed by atoms with van der Waals surface area (Å²) in [5, 5.41) is 2.01. The Morgan fingerprint density at radius 3 is 2.25 bits per heavy atom. The molecule has 1 N–H and O–H groups in total. The van der Waals surface area contributed by atoms with Crippen LogP contribution in [0.15, 0.2) is 0 Å². The van der Waals surface area contributed by atoms with Crippen LogP contribution in [0.5, 0.6) is 0 Å². The summed E-state index contributed by atoms with van der Waals surface area (Å²) in [7, 11) is 7.65. The summed E-state index contributed by atoms with van der Waals surface area (Å²) in [6.07, 6.45) is 2.22. The van der Waals surface area contributed by atoms with Crippen molar-refractivity contribution in [3.63, 3.8) is 0 Å². The average molecular weight is 228 g/mol. The van der Waals surface area contributed by atoms with Crippen molar-refractivity contribution in [1.82, 2.24) is 20.2 Å². The molecule has 5 nitrogen and oxygen atoms in total. The van der Waals surface area contributed by atoms with Gasteiger partial charge in [0.25, 0.3) is 0 Å². The molecule has 0 spiro atoms. The highest BCUT2D eigenvalue weighted by molar-refractivity contribution is 5.77. The van der Waals surface area contributed by atoms with Crippen molar-refractivity contribution >= 4 is 5.91 Å². The molecule has 1 amide bonds. The van der Waals surface area contributed by atoms with Gasteiger partial charge in [-0.15, -0.1) is 0 Å². The van der Waals surface area contributed by atoms with E-state index in [4.69, 9.17) is 0 Å². The number of nitrogens with zero attached hydrogens (tertiary/aromatic N) is 3. The van der Waals surface area contributed by atoms with Crippen molar-refractivity contribution in [2.75, 3.05) is 47.8 Å². The molecule has 5 heteroatoms. The number of nitrogens with one attached hydrogen (secondary N) is 1. The predicted octanol–water partition coefficient (Wildman–Crippen LogP) is -0.395.